The summed E-state index contributed by atoms with van der Waals surface area (Å²) in [6.45, 7) is 0.945. The van der Waals surface area contributed by atoms with Gasteiger partial charge in [-0.05, 0) is 30.3 Å². The molecule has 3 rings (SSSR count). The summed E-state index contributed by atoms with van der Waals surface area (Å²) >= 11 is 0. The topological polar surface area (TPSA) is 72.4 Å². The van der Waals surface area contributed by atoms with Gasteiger partial charge in [0.1, 0.15) is 12.4 Å². The lowest BCUT2D eigenvalue weighted by molar-refractivity contribution is 0.146. The Balaban J connectivity index is 1.94. The van der Waals surface area contributed by atoms with Crippen molar-refractivity contribution in [1.82, 2.24) is 14.6 Å². The smallest absolute Gasteiger partial charge is 0.154 e. The van der Waals surface area contributed by atoms with Gasteiger partial charge in [0.2, 0.25) is 0 Å². The van der Waals surface area contributed by atoms with Crippen molar-refractivity contribution in [2.24, 2.45) is 0 Å². The molecule has 0 fully saturated rings. The minimum atomic E-state index is 0.443. The molecule has 2 aromatic heterocycles. The molecule has 0 spiro atoms. The van der Waals surface area contributed by atoms with Gasteiger partial charge in [0.05, 0.1) is 30.1 Å². The maximum absolute atomic E-state index is 9.37. The summed E-state index contributed by atoms with van der Waals surface area (Å²) in [5, 5.41) is 13.6. The van der Waals surface area contributed by atoms with E-state index >= 15 is 0 Å². The molecule has 0 atom stereocenters. The second kappa shape index (κ2) is 6.24. The van der Waals surface area contributed by atoms with Crippen molar-refractivity contribution in [2.75, 3.05) is 20.3 Å². The SMILES string of the molecule is COCCOc1ccc(-c2cn3ncccc3n2)c(C#N)c1. The van der Waals surface area contributed by atoms with Crippen LogP contribution >= 0.6 is 0 Å². The molecule has 0 aliphatic carbocycles. The third-order valence-corrected chi connectivity index (χ3v) is 3.18. The highest BCUT2D eigenvalue weighted by Gasteiger charge is 2.11. The molecule has 6 nitrogen and oxygen atoms in total. The van der Waals surface area contributed by atoms with Gasteiger partial charge in [-0.15, -0.1) is 0 Å². The molecule has 22 heavy (non-hydrogen) atoms. The van der Waals surface area contributed by atoms with Crippen LogP contribution < -0.4 is 4.74 Å². The van der Waals surface area contributed by atoms with E-state index in [1.54, 1.807) is 30.1 Å². The van der Waals surface area contributed by atoms with Crippen LogP contribution in [0.5, 0.6) is 5.75 Å². The molecule has 0 saturated carbocycles. The molecule has 110 valence electrons. The van der Waals surface area contributed by atoms with Gasteiger partial charge in [-0.1, -0.05) is 0 Å². The quantitative estimate of drug-likeness (QED) is 0.675. The molecule has 1 aromatic carbocycles. The van der Waals surface area contributed by atoms with Crippen LogP contribution in [0.2, 0.25) is 0 Å². The zero-order valence-electron chi connectivity index (χ0n) is 12.1. The number of methoxy groups -OCH3 is 1. The van der Waals surface area contributed by atoms with Gasteiger partial charge >= 0.3 is 0 Å². The number of nitriles is 1. The average molecular weight is 294 g/mol. The molecule has 0 amide bonds. The molecule has 2 heterocycles. The van der Waals surface area contributed by atoms with Crippen molar-refractivity contribution in [3.8, 4) is 23.1 Å². The fraction of sp³-hybridized carbons (Fsp3) is 0.188. The number of hydrogen-bond acceptors (Lipinski definition) is 5. The van der Waals surface area contributed by atoms with Crippen molar-refractivity contribution in [1.29, 1.82) is 5.26 Å². The standard InChI is InChI=1S/C16H14N4O2/c1-21-7-8-22-13-4-5-14(12(9-13)10-17)15-11-20-16(19-15)3-2-6-18-20/h2-6,9,11H,7-8H2,1H3. The van der Waals surface area contributed by atoms with Crippen molar-refractivity contribution >= 4 is 5.65 Å². The molecule has 0 unspecified atom stereocenters. The zero-order valence-corrected chi connectivity index (χ0v) is 12.1. The molecule has 6 heteroatoms. The largest absolute Gasteiger partial charge is 0.491 e. The second-order valence-electron chi connectivity index (χ2n) is 4.61. The van der Waals surface area contributed by atoms with Crippen molar-refractivity contribution in [2.45, 2.75) is 0 Å². The highest BCUT2D eigenvalue weighted by Crippen LogP contribution is 2.26. The van der Waals surface area contributed by atoms with E-state index < -0.39 is 0 Å². The van der Waals surface area contributed by atoms with Crippen molar-refractivity contribution in [3.63, 3.8) is 0 Å². The number of fused-ring (bicyclic) bond motifs is 1. The van der Waals surface area contributed by atoms with E-state index in [1.165, 1.54) is 0 Å². The Hall–Kier alpha value is -2.91. The van der Waals surface area contributed by atoms with E-state index in [9.17, 15) is 5.26 Å². The lowest BCUT2D eigenvalue weighted by Gasteiger charge is -2.07. The predicted octanol–water partition coefficient (Wildman–Crippen LogP) is 2.29. The van der Waals surface area contributed by atoms with E-state index in [1.807, 2.05) is 24.3 Å². The van der Waals surface area contributed by atoms with E-state index in [-0.39, 0.29) is 0 Å². The molecular weight excluding hydrogens is 280 g/mol. The van der Waals surface area contributed by atoms with E-state index in [2.05, 4.69) is 16.2 Å². The van der Waals surface area contributed by atoms with E-state index in [4.69, 9.17) is 9.47 Å². The summed E-state index contributed by atoms with van der Waals surface area (Å²) in [6, 6.07) is 11.2. The molecule has 0 saturated heterocycles. The molecule has 0 aliphatic heterocycles. The second-order valence-corrected chi connectivity index (χ2v) is 4.61. The molecule has 0 aliphatic rings. The summed E-state index contributed by atoms with van der Waals surface area (Å²) in [7, 11) is 1.62. The Morgan fingerprint density at radius 1 is 1.27 bits per heavy atom. The molecular formula is C16H14N4O2. The molecule has 0 bridgehead atoms. The van der Waals surface area contributed by atoms with Gasteiger partial charge in [-0.25, -0.2) is 9.50 Å². The first-order valence-corrected chi connectivity index (χ1v) is 6.78. The van der Waals surface area contributed by atoms with E-state index in [0.29, 0.717) is 30.2 Å². The highest BCUT2D eigenvalue weighted by molar-refractivity contribution is 5.70. The zero-order chi connectivity index (χ0) is 15.4. The van der Waals surface area contributed by atoms with Crippen LogP contribution in [0.4, 0.5) is 0 Å². The van der Waals surface area contributed by atoms with Crippen LogP contribution in [0.1, 0.15) is 5.56 Å². The van der Waals surface area contributed by atoms with Crippen molar-refractivity contribution in [3.05, 3.63) is 48.3 Å². The number of imidazole rings is 1. The van der Waals surface area contributed by atoms with E-state index in [0.717, 1.165) is 11.2 Å². The van der Waals surface area contributed by atoms with Crippen molar-refractivity contribution < 1.29 is 9.47 Å². The fourth-order valence-corrected chi connectivity index (χ4v) is 2.13. The van der Waals surface area contributed by atoms with Crippen LogP contribution in [0.15, 0.2) is 42.7 Å². The van der Waals surface area contributed by atoms with Gasteiger partial charge in [0.15, 0.2) is 5.65 Å². The summed E-state index contributed by atoms with van der Waals surface area (Å²) in [4.78, 5) is 4.49. The predicted molar refractivity (Wildman–Crippen MR) is 80.5 cm³/mol. The Kier molecular flexibility index (Phi) is 3.99. The Bertz CT molecular complexity index is 803. The first kappa shape index (κ1) is 14.0. The fourth-order valence-electron chi connectivity index (χ4n) is 2.13. The highest BCUT2D eigenvalue weighted by atomic mass is 16.5. The lowest BCUT2D eigenvalue weighted by atomic mass is 10.1. The Labute approximate surface area is 127 Å². The average Bonchev–Trinajstić information content (AvgIpc) is 2.98. The maximum atomic E-state index is 9.37. The van der Waals surface area contributed by atoms with Crippen LogP contribution in [-0.2, 0) is 4.74 Å². The monoisotopic (exact) mass is 294 g/mol. The van der Waals surface area contributed by atoms with Gasteiger partial charge in [-0.2, -0.15) is 10.4 Å². The minimum absolute atomic E-state index is 0.443. The third-order valence-electron chi connectivity index (χ3n) is 3.18. The lowest BCUT2D eigenvalue weighted by Crippen LogP contribution is -2.04. The first-order chi connectivity index (χ1) is 10.8. The summed E-state index contributed by atoms with van der Waals surface area (Å²) in [6.07, 6.45) is 3.49. The van der Waals surface area contributed by atoms with Gasteiger partial charge in [0.25, 0.3) is 0 Å². The minimum Gasteiger partial charge on any atom is -0.491 e. The first-order valence-electron chi connectivity index (χ1n) is 6.78. The van der Waals surface area contributed by atoms with Gasteiger partial charge in [0, 0.05) is 18.9 Å². The number of aromatic nitrogens is 3. The third kappa shape index (κ3) is 2.75. The molecule has 0 N–H and O–H groups in total. The number of nitrogens with zero attached hydrogens (tertiary/aromatic N) is 4. The maximum Gasteiger partial charge on any atom is 0.154 e. The van der Waals surface area contributed by atoms with Gasteiger partial charge < -0.3 is 9.47 Å². The van der Waals surface area contributed by atoms with Crippen LogP contribution in [0.25, 0.3) is 16.9 Å². The summed E-state index contributed by atoms with van der Waals surface area (Å²) in [5.41, 5.74) is 2.71. The van der Waals surface area contributed by atoms with Gasteiger partial charge in [-0.3, -0.25) is 0 Å². The van der Waals surface area contributed by atoms with Crippen LogP contribution in [0, 0.1) is 11.3 Å². The normalized spacial score (nSPS) is 10.5. The molecule has 3 aromatic rings. The number of hydrogen-bond donors (Lipinski definition) is 0. The number of benzene rings is 1. The number of ether oxygens (including phenoxy) is 2. The van der Waals surface area contributed by atoms with Crippen LogP contribution in [-0.4, -0.2) is 34.9 Å². The Morgan fingerprint density at radius 2 is 2.18 bits per heavy atom. The molecule has 0 radical (unpaired) electrons. The summed E-state index contributed by atoms with van der Waals surface area (Å²) in [5.74, 6) is 0.638. The van der Waals surface area contributed by atoms with Crippen LogP contribution in [0.3, 0.4) is 0 Å². The number of rotatable bonds is 5. The summed E-state index contributed by atoms with van der Waals surface area (Å²) < 4.78 is 12.1. The Morgan fingerprint density at radius 3 is 2.95 bits per heavy atom.